The molecular weight excluding hydrogens is 435 g/mol. The molecule has 0 spiro atoms. The van der Waals surface area contributed by atoms with Crippen LogP contribution in [0.1, 0.15) is 11.1 Å². The van der Waals surface area contributed by atoms with E-state index >= 15 is 0 Å². The van der Waals surface area contributed by atoms with E-state index in [2.05, 4.69) is 30.2 Å². The smallest absolute Gasteiger partial charge is 0.422 e. The normalized spacial score (nSPS) is 11.5. The monoisotopic (exact) mass is 448 g/mol. The van der Waals surface area contributed by atoms with Gasteiger partial charge in [-0.05, 0) is 24.1 Å². The summed E-state index contributed by atoms with van der Waals surface area (Å²) in [5, 5.41) is 3.14. The minimum absolute atomic E-state index is 0.0462. The SMILES string of the molecule is Fc1cnc(Oc2ccc(CCNc3ncnc4nccnc34)cc2)c(F)c1C(F)(F)F. The molecule has 0 aliphatic rings. The highest BCUT2D eigenvalue weighted by molar-refractivity contribution is 5.81. The van der Waals surface area contributed by atoms with Gasteiger partial charge >= 0.3 is 6.18 Å². The molecule has 0 radical (unpaired) electrons. The van der Waals surface area contributed by atoms with Crippen LogP contribution in [-0.2, 0) is 12.6 Å². The quantitative estimate of drug-likeness (QED) is 0.433. The third kappa shape index (κ3) is 4.53. The fraction of sp³-hybridized carbons (Fsp3) is 0.150. The Morgan fingerprint density at radius 1 is 0.906 bits per heavy atom. The Kier molecular flexibility index (Phi) is 5.75. The van der Waals surface area contributed by atoms with Crippen molar-refractivity contribution < 1.29 is 26.7 Å². The summed E-state index contributed by atoms with van der Waals surface area (Å²) >= 11 is 0. The van der Waals surface area contributed by atoms with Crippen molar-refractivity contribution in [1.29, 1.82) is 0 Å². The van der Waals surface area contributed by atoms with Crippen molar-refractivity contribution in [3.05, 3.63) is 71.9 Å². The summed E-state index contributed by atoms with van der Waals surface area (Å²) in [6.45, 7) is 0.492. The lowest BCUT2D eigenvalue weighted by atomic mass is 10.1. The van der Waals surface area contributed by atoms with Crippen molar-refractivity contribution in [3.63, 3.8) is 0 Å². The van der Waals surface area contributed by atoms with Gasteiger partial charge in [-0.15, -0.1) is 0 Å². The second-order valence-electron chi connectivity index (χ2n) is 6.47. The van der Waals surface area contributed by atoms with Gasteiger partial charge in [0.1, 0.15) is 23.2 Å². The second kappa shape index (κ2) is 8.65. The van der Waals surface area contributed by atoms with Crippen molar-refractivity contribution in [1.82, 2.24) is 24.9 Å². The summed E-state index contributed by atoms with van der Waals surface area (Å²) < 4.78 is 71.0. The molecule has 4 rings (SSSR count). The van der Waals surface area contributed by atoms with E-state index in [1.165, 1.54) is 30.9 Å². The predicted molar refractivity (Wildman–Crippen MR) is 103 cm³/mol. The van der Waals surface area contributed by atoms with Crippen LogP contribution in [0.2, 0.25) is 0 Å². The number of nitrogens with one attached hydrogen (secondary N) is 1. The van der Waals surface area contributed by atoms with Crippen LogP contribution >= 0.6 is 0 Å². The summed E-state index contributed by atoms with van der Waals surface area (Å²) in [5.74, 6) is -4.12. The van der Waals surface area contributed by atoms with E-state index in [4.69, 9.17) is 4.74 Å². The molecule has 32 heavy (non-hydrogen) atoms. The third-order valence-electron chi connectivity index (χ3n) is 4.34. The molecule has 1 aromatic carbocycles. The zero-order chi connectivity index (χ0) is 22.7. The number of halogens is 5. The molecule has 0 atom stereocenters. The first-order valence-electron chi connectivity index (χ1n) is 9.16. The second-order valence-corrected chi connectivity index (χ2v) is 6.47. The van der Waals surface area contributed by atoms with Crippen LogP contribution in [0.25, 0.3) is 11.2 Å². The van der Waals surface area contributed by atoms with E-state index < -0.39 is 29.3 Å². The van der Waals surface area contributed by atoms with Gasteiger partial charge in [0, 0.05) is 18.9 Å². The fourth-order valence-corrected chi connectivity index (χ4v) is 2.86. The number of hydrogen-bond acceptors (Lipinski definition) is 7. The molecule has 0 amide bonds. The molecule has 7 nitrogen and oxygen atoms in total. The number of rotatable bonds is 6. The lowest BCUT2D eigenvalue weighted by Crippen LogP contribution is -2.13. The Morgan fingerprint density at radius 2 is 1.66 bits per heavy atom. The van der Waals surface area contributed by atoms with Crippen LogP contribution in [0.3, 0.4) is 0 Å². The molecule has 0 saturated heterocycles. The van der Waals surface area contributed by atoms with Gasteiger partial charge in [-0.3, -0.25) is 0 Å². The van der Waals surface area contributed by atoms with Crippen LogP contribution < -0.4 is 10.1 Å². The summed E-state index contributed by atoms with van der Waals surface area (Å²) in [7, 11) is 0. The Balaban J connectivity index is 1.41. The molecular formula is C20H13F5N6O. The number of nitrogens with zero attached hydrogens (tertiary/aromatic N) is 5. The van der Waals surface area contributed by atoms with Crippen molar-refractivity contribution in [2.45, 2.75) is 12.6 Å². The van der Waals surface area contributed by atoms with E-state index in [-0.39, 0.29) is 11.9 Å². The number of anilines is 1. The van der Waals surface area contributed by atoms with E-state index in [0.29, 0.717) is 29.9 Å². The van der Waals surface area contributed by atoms with Crippen LogP contribution in [0, 0.1) is 11.6 Å². The molecule has 0 fully saturated rings. The fourth-order valence-electron chi connectivity index (χ4n) is 2.86. The molecule has 0 aliphatic heterocycles. The number of hydrogen-bond donors (Lipinski definition) is 1. The Morgan fingerprint density at radius 3 is 2.41 bits per heavy atom. The van der Waals surface area contributed by atoms with E-state index in [9.17, 15) is 22.0 Å². The summed E-state index contributed by atoms with van der Waals surface area (Å²) in [6.07, 6.45) is 0.0485. The molecule has 12 heteroatoms. The highest BCUT2D eigenvalue weighted by Crippen LogP contribution is 2.36. The van der Waals surface area contributed by atoms with Crippen molar-refractivity contribution >= 4 is 17.0 Å². The van der Waals surface area contributed by atoms with Gasteiger partial charge in [0.15, 0.2) is 17.3 Å². The molecule has 3 heterocycles. The van der Waals surface area contributed by atoms with Gasteiger partial charge in [-0.1, -0.05) is 12.1 Å². The predicted octanol–water partition coefficient (Wildman–Crippen LogP) is 4.56. The maximum Gasteiger partial charge on any atom is 0.422 e. The highest BCUT2D eigenvalue weighted by Gasteiger charge is 2.39. The molecule has 4 aromatic rings. The van der Waals surface area contributed by atoms with Crippen molar-refractivity contribution in [3.8, 4) is 11.6 Å². The van der Waals surface area contributed by atoms with Gasteiger partial charge < -0.3 is 10.1 Å². The zero-order valence-electron chi connectivity index (χ0n) is 16.1. The molecule has 164 valence electrons. The molecule has 1 N–H and O–H groups in total. The summed E-state index contributed by atoms with van der Waals surface area (Å²) in [5.41, 5.74) is -0.197. The maximum absolute atomic E-state index is 14.1. The first kappa shape index (κ1) is 21.3. The van der Waals surface area contributed by atoms with Crippen molar-refractivity contribution in [2.75, 3.05) is 11.9 Å². The maximum atomic E-state index is 14.1. The van der Waals surface area contributed by atoms with Gasteiger partial charge in [0.2, 0.25) is 5.82 Å². The molecule has 0 saturated carbocycles. The standard InChI is InChI=1S/C20H13F5N6O/c21-13-9-29-19(15(22)14(13)20(23,24)25)32-12-3-1-11(2-4-12)5-6-27-17-16-18(31-10-30-17)28-8-7-26-16/h1-4,7-10H,5-6H2,(H,27,28,30,31). The van der Waals surface area contributed by atoms with Gasteiger partial charge in [-0.2, -0.15) is 13.2 Å². The van der Waals surface area contributed by atoms with Gasteiger partial charge in [-0.25, -0.2) is 33.7 Å². The van der Waals surface area contributed by atoms with E-state index in [0.717, 1.165) is 5.56 Å². The summed E-state index contributed by atoms with van der Waals surface area (Å²) in [4.78, 5) is 19.7. The van der Waals surface area contributed by atoms with Crippen LogP contribution in [-0.4, -0.2) is 31.5 Å². The molecule has 3 aromatic heterocycles. The minimum Gasteiger partial charge on any atom is -0.436 e. The van der Waals surface area contributed by atoms with Crippen molar-refractivity contribution in [2.24, 2.45) is 0 Å². The first-order valence-corrected chi connectivity index (χ1v) is 9.16. The van der Waals surface area contributed by atoms with Crippen LogP contribution in [0.4, 0.5) is 27.8 Å². The molecule has 0 bridgehead atoms. The molecule has 0 unspecified atom stereocenters. The lowest BCUT2D eigenvalue weighted by molar-refractivity contribution is -0.142. The van der Waals surface area contributed by atoms with Gasteiger partial charge in [0.25, 0.3) is 5.88 Å². The molecule has 0 aliphatic carbocycles. The van der Waals surface area contributed by atoms with Crippen LogP contribution in [0.15, 0.2) is 49.2 Å². The number of benzene rings is 1. The highest BCUT2D eigenvalue weighted by atomic mass is 19.4. The number of alkyl halides is 3. The average molecular weight is 448 g/mol. The zero-order valence-corrected chi connectivity index (χ0v) is 16.1. The van der Waals surface area contributed by atoms with Crippen LogP contribution in [0.5, 0.6) is 11.6 Å². The third-order valence-corrected chi connectivity index (χ3v) is 4.34. The van der Waals surface area contributed by atoms with E-state index in [1.54, 1.807) is 12.1 Å². The Bertz CT molecular complexity index is 1240. The first-order chi connectivity index (χ1) is 15.3. The number of pyridine rings is 1. The Labute approximate surface area is 177 Å². The largest absolute Gasteiger partial charge is 0.436 e. The number of aromatic nitrogens is 5. The minimum atomic E-state index is -5.22. The lowest BCUT2D eigenvalue weighted by Gasteiger charge is -2.12. The van der Waals surface area contributed by atoms with E-state index in [1.807, 2.05) is 0 Å². The topological polar surface area (TPSA) is 85.7 Å². The average Bonchev–Trinajstić information content (AvgIpc) is 2.76. The number of fused-ring (bicyclic) bond motifs is 1. The summed E-state index contributed by atoms with van der Waals surface area (Å²) in [6, 6.07) is 6.19. The number of ether oxygens (including phenoxy) is 1. The van der Waals surface area contributed by atoms with Gasteiger partial charge in [0.05, 0.1) is 6.20 Å². The Hall–Kier alpha value is -3.96.